The first-order valence-electron chi connectivity index (χ1n) is 8.07. The van der Waals surface area contributed by atoms with Crippen LogP contribution in [0.1, 0.15) is 45.6 Å². The maximum atomic E-state index is 3.52. The number of rotatable bonds is 8. The second kappa shape index (κ2) is 7.49. The number of hydrogen-bond acceptors (Lipinski definition) is 1. The van der Waals surface area contributed by atoms with E-state index in [1.807, 2.05) is 0 Å². The van der Waals surface area contributed by atoms with E-state index in [0.29, 0.717) is 0 Å². The monoisotopic (exact) mass is 272 g/mol. The van der Waals surface area contributed by atoms with Crippen LogP contribution in [0.25, 0.3) is 10.9 Å². The number of hydrogen-bond donors (Lipinski definition) is 1. The van der Waals surface area contributed by atoms with Gasteiger partial charge in [-0.3, -0.25) is 0 Å². The predicted octanol–water partition coefficient (Wildman–Crippen LogP) is 4.58. The average molecular weight is 272 g/mol. The summed E-state index contributed by atoms with van der Waals surface area (Å²) in [6, 6.07) is 8.80. The zero-order chi connectivity index (χ0) is 14.4. The Labute approximate surface area is 123 Å². The Bertz CT molecular complexity index is 523. The molecule has 1 heterocycles. The highest BCUT2D eigenvalue weighted by molar-refractivity contribution is 5.83. The Kier molecular flexibility index (Phi) is 5.66. The maximum Gasteiger partial charge on any atom is 0.0483 e. The first kappa shape index (κ1) is 15.1. The lowest BCUT2D eigenvalue weighted by Gasteiger charge is -2.14. The minimum atomic E-state index is 0.780. The summed E-state index contributed by atoms with van der Waals surface area (Å²) in [6.07, 6.45) is 6.05. The van der Waals surface area contributed by atoms with E-state index in [2.05, 4.69) is 61.1 Å². The van der Waals surface area contributed by atoms with Crippen molar-refractivity contribution in [2.75, 3.05) is 6.54 Å². The highest BCUT2D eigenvalue weighted by atomic mass is 15.0. The minimum absolute atomic E-state index is 0.780. The fraction of sp³-hybridized carbons (Fsp3) is 0.556. The SMILES string of the molecule is CCCNCc1cn(CC(CC)CC)c2ccccc12. The van der Waals surface area contributed by atoms with Crippen LogP contribution in [0.15, 0.2) is 30.5 Å². The Balaban J connectivity index is 2.25. The summed E-state index contributed by atoms with van der Waals surface area (Å²) in [7, 11) is 0. The van der Waals surface area contributed by atoms with Gasteiger partial charge < -0.3 is 9.88 Å². The zero-order valence-electron chi connectivity index (χ0n) is 13.2. The summed E-state index contributed by atoms with van der Waals surface area (Å²) >= 11 is 0. The largest absolute Gasteiger partial charge is 0.347 e. The molecule has 110 valence electrons. The van der Waals surface area contributed by atoms with Crippen LogP contribution >= 0.6 is 0 Å². The molecule has 0 aliphatic rings. The molecular weight excluding hydrogens is 244 g/mol. The lowest BCUT2D eigenvalue weighted by atomic mass is 10.0. The molecule has 2 heteroatoms. The molecule has 0 amide bonds. The lowest BCUT2D eigenvalue weighted by Crippen LogP contribution is -2.13. The smallest absolute Gasteiger partial charge is 0.0483 e. The van der Waals surface area contributed by atoms with Crippen molar-refractivity contribution in [3.63, 3.8) is 0 Å². The summed E-state index contributed by atoms with van der Waals surface area (Å²) < 4.78 is 2.45. The van der Waals surface area contributed by atoms with Crippen molar-refractivity contribution >= 4 is 10.9 Å². The molecular formula is C18H28N2. The zero-order valence-corrected chi connectivity index (χ0v) is 13.2. The number of para-hydroxylation sites is 1. The van der Waals surface area contributed by atoms with Gasteiger partial charge in [0.25, 0.3) is 0 Å². The number of benzene rings is 1. The molecule has 0 saturated heterocycles. The molecule has 0 bridgehead atoms. The first-order chi connectivity index (χ1) is 9.80. The van der Waals surface area contributed by atoms with Crippen LogP contribution < -0.4 is 5.32 Å². The van der Waals surface area contributed by atoms with E-state index >= 15 is 0 Å². The number of nitrogens with zero attached hydrogens (tertiary/aromatic N) is 1. The van der Waals surface area contributed by atoms with E-state index < -0.39 is 0 Å². The molecule has 0 spiro atoms. The quantitative estimate of drug-likeness (QED) is 0.696. The third-order valence-corrected chi connectivity index (χ3v) is 4.22. The molecule has 2 rings (SSSR count). The Hall–Kier alpha value is -1.28. The van der Waals surface area contributed by atoms with Gasteiger partial charge in [-0.05, 0) is 30.5 Å². The summed E-state index contributed by atoms with van der Waals surface area (Å²) in [6.45, 7) is 10.0. The van der Waals surface area contributed by atoms with Crippen LogP contribution in [0.2, 0.25) is 0 Å². The van der Waals surface area contributed by atoms with E-state index in [4.69, 9.17) is 0 Å². The molecule has 0 radical (unpaired) electrons. The highest BCUT2D eigenvalue weighted by Gasteiger charge is 2.10. The van der Waals surface area contributed by atoms with Gasteiger partial charge in [-0.1, -0.05) is 51.8 Å². The molecule has 0 atom stereocenters. The van der Waals surface area contributed by atoms with Gasteiger partial charge in [-0.2, -0.15) is 0 Å². The van der Waals surface area contributed by atoms with Crippen LogP contribution in [-0.2, 0) is 13.1 Å². The van der Waals surface area contributed by atoms with Crippen molar-refractivity contribution in [1.29, 1.82) is 0 Å². The predicted molar refractivity (Wildman–Crippen MR) is 88.0 cm³/mol. The molecule has 1 N–H and O–H groups in total. The molecule has 0 unspecified atom stereocenters. The fourth-order valence-electron chi connectivity index (χ4n) is 2.84. The standard InChI is InChI=1S/C18H28N2/c1-4-11-19-12-16-14-20(13-15(5-2)6-3)18-10-8-7-9-17(16)18/h7-10,14-15,19H,4-6,11-13H2,1-3H3. The number of nitrogens with one attached hydrogen (secondary N) is 1. The molecule has 0 saturated carbocycles. The van der Waals surface area contributed by atoms with E-state index in [1.54, 1.807) is 0 Å². The number of aromatic nitrogens is 1. The summed E-state index contributed by atoms with van der Waals surface area (Å²) in [5.74, 6) is 0.780. The Morgan fingerprint density at radius 2 is 1.85 bits per heavy atom. The van der Waals surface area contributed by atoms with Gasteiger partial charge in [0.05, 0.1) is 0 Å². The van der Waals surface area contributed by atoms with Gasteiger partial charge in [0.15, 0.2) is 0 Å². The van der Waals surface area contributed by atoms with E-state index in [1.165, 1.54) is 35.7 Å². The van der Waals surface area contributed by atoms with Gasteiger partial charge >= 0.3 is 0 Å². The van der Waals surface area contributed by atoms with Crippen molar-refractivity contribution in [2.45, 2.75) is 53.1 Å². The van der Waals surface area contributed by atoms with Crippen molar-refractivity contribution < 1.29 is 0 Å². The van der Waals surface area contributed by atoms with Crippen LogP contribution in [-0.4, -0.2) is 11.1 Å². The van der Waals surface area contributed by atoms with Gasteiger partial charge in [0, 0.05) is 30.2 Å². The molecule has 0 fully saturated rings. The van der Waals surface area contributed by atoms with Gasteiger partial charge in [-0.25, -0.2) is 0 Å². The fourth-order valence-corrected chi connectivity index (χ4v) is 2.84. The molecule has 1 aromatic carbocycles. The van der Waals surface area contributed by atoms with Crippen LogP contribution in [0.5, 0.6) is 0 Å². The van der Waals surface area contributed by atoms with Crippen LogP contribution in [0, 0.1) is 5.92 Å². The van der Waals surface area contributed by atoms with Crippen molar-refractivity contribution in [3.8, 4) is 0 Å². The molecule has 2 aromatic rings. The van der Waals surface area contributed by atoms with Crippen molar-refractivity contribution in [1.82, 2.24) is 9.88 Å². The maximum absolute atomic E-state index is 3.52. The third-order valence-electron chi connectivity index (χ3n) is 4.22. The molecule has 20 heavy (non-hydrogen) atoms. The summed E-state index contributed by atoms with van der Waals surface area (Å²) in [4.78, 5) is 0. The molecule has 1 aromatic heterocycles. The lowest BCUT2D eigenvalue weighted by molar-refractivity contribution is 0.425. The Morgan fingerprint density at radius 3 is 2.55 bits per heavy atom. The van der Waals surface area contributed by atoms with E-state index in [0.717, 1.165) is 25.6 Å². The highest BCUT2D eigenvalue weighted by Crippen LogP contribution is 2.23. The van der Waals surface area contributed by atoms with Crippen LogP contribution in [0.3, 0.4) is 0 Å². The van der Waals surface area contributed by atoms with E-state index in [9.17, 15) is 0 Å². The van der Waals surface area contributed by atoms with Crippen molar-refractivity contribution in [3.05, 3.63) is 36.0 Å². The third kappa shape index (κ3) is 3.43. The second-order valence-electron chi connectivity index (χ2n) is 5.68. The van der Waals surface area contributed by atoms with Gasteiger partial charge in [0.2, 0.25) is 0 Å². The Morgan fingerprint density at radius 1 is 1.10 bits per heavy atom. The average Bonchev–Trinajstić information content (AvgIpc) is 2.83. The normalized spacial score (nSPS) is 11.6. The number of fused-ring (bicyclic) bond motifs is 1. The topological polar surface area (TPSA) is 17.0 Å². The first-order valence-corrected chi connectivity index (χ1v) is 8.07. The van der Waals surface area contributed by atoms with Gasteiger partial charge in [0.1, 0.15) is 0 Å². The molecule has 0 aliphatic heterocycles. The van der Waals surface area contributed by atoms with Gasteiger partial charge in [-0.15, -0.1) is 0 Å². The molecule has 0 aliphatic carbocycles. The second-order valence-corrected chi connectivity index (χ2v) is 5.68. The van der Waals surface area contributed by atoms with E-state index in [-0.39, 0.29) is 0 Å². The van der Waals surface area contributed by atoms with Crippen molar-refractivity contribution in [2.24, 2.45) is 5.92 Å². The summed E-state index contributed by atoms with van der Waals surface area (Å²) in [5, 5.41) is 4.93. The summed E-state index contributed by atoms with van der Waals surface area (Å²) in [5.41, 5.74) is 2.81. The minimum Gasteiger partial charge on any atom is -0.347 e. The van der Waals surface area contributed by atoms with Crippen LogP contribution in [0.4, 0.5) is 0 Å². The molecule has 2 nitrogen and oxygen atoms in total.